The lowest BCUT2D eigenvalue weighted by molar-refractivity contribution is -0.941. The number of hydrogen-bond acceptors (Lipinski definition) is 26. The maximum atomic E-state index is 12.9. The molecule has 0 spiro atoms. The summed E-state index contributed by atoms with van der Waals surface area (Å²) in [7, 11) is 24.9. The number of aliphatic hydroxyl groups is 8. The van der Waals surface area contributed by atoms with Gasteiger partial charge in [0.1, 0.15) is 35.7 Å². The van der Waals surface area contributed by atoms with E-state index in [4.69, 9.17) is 66.3 Å². The van der Waals surface area contributed by atoms with Crippen LogP contribution in [-0.4, -0.2) is 261 Å². The van der Waals surface area contributed by atoms with Gasteiger partial charge in [0.2, 0.25) is 0 Å². The topological polar surface area (TPSA) is 359 Å². The molecule has 8 aromatic rings. The fourth-order valence-electron chi connectivity index (χ4n) is 20.8. The number of rotatable bonds is 48. The Balaban J connectivity index is 0.000000262. The molecule has 0 aliphatic carbocycles. The molecule has 0 amide bonds. The van der Waals surface area contributed by atoms with Crippen LogP contribution in [-0.2, 0) is 142 Å². The lowest BCUT2D eigenvalue weighted by Gasteiger charge is -2.46. The molecule has 12 rings (SSSR count). The summed E-state index contributed by atoms with van der Waals surface area (Å²) >= 11 is 0. The highest BCUT2D eigenvalue weighted by atomic mass is 16.6. The van der Waals surface area contributed by atoms with Crippen LogP contribution in [0.15, 0.2) is 109 Å². The first-order chi connectivity index (χ1) is 65.6. The predicted molar refractivity (Wildman–Crippen MR) is 509 cm³/mol. The Hall–Kier alpha value is -10.8. The van der Waals surface area contributed by atoms with Crippen molar-refractivity contribution in [2.75, 3.05) is 178 Å². The quantitative estimate of drug-likeness (QED) is 0.00760. The van der Waals surface area contributed by atoms with Crippen molar-refractivity contribution in [2.24, 2.45) is 0 Å². The summed E-state index contributed by atoms with van der Waals surface area (Å²) in [6.07, 6.45) is 7.91. The van der Waals surface area contributed by atoms with Gasteiger partial charge in [-0.3, -0.25) is 19.2 Å². The fourth-order valence-corrected chi connectivity index (χ4v) is 20.8. The molecule has 4 heterocycles. The number of likely N-dealkylation sites (N-methyl/N-ethyl adjacent to an activating group) is 4. The lowest BCUT2D eigenvalue weighted by atomic mass is 9.83. The predicted octanol–water partition coefficient (Wildman–Crippen LogP) is 11.2. The molecule has 8 atom stereocenters. The molecule has 0 saturated heterocycles. The summed E-state index contributed by atoms with van der Waals surface area (Å²) in [5.74, 6) is 4.41. The zero-order valence-corrected chi connectivity index (χ0v) is 81.9. The number of aliphatic hydroxyl groups excluding tert-OH is 8. The SMILES string of the molecule is COc1cc(C[C@@H]2c3cc(CO)c(CO)cc3CC[N@@+]2(C)CCCOC(=O)CCC(=O)OCCC[N@+]2(C)CCc3cc(OC)c(OC)cc3[C@H]2Cc2ccc(OC)c(OC)c2)ccc1CO.COc1cc2c(cc1OC)[C@@H](Cc1cc(CO)c(OC)c(OC)c1)[N@+](C)(CCCOC(=O)CCC(=O)OCCC[N@+]1(C)CCc3cc(CO)c(CO)cc3[C@H]1Cc1cc(CO)c(CO)c(OC)c1)CC2. The molecule has 30 heteroatoms. The van der Waals surface area contributed by atoms with Crippen LogP contribution in [0.5, 0.6) is 57.5 Å². The van der Waals surface area contributed by atoms with Crippen LogP contribution in [0.3, 0.4) is 0 Å². The third kappa shape index (κ3) is 25.4. The molecular formula is C106H144N4O26+4. The number of nitrogens with zero attached hydrogens (tertiary/aromatic N) is 4. The van der Waals surface area contributed by atoms with Gasteiger partial charge in [0.25, 0.3) is 0 Å². The monoisotopic (exact) mass is 1890 g/mol. The van der Waals surface area contributed by atoms with E-state index in [1.54, 1.807) is 64.0 Å². The molecule has 0 radical (unpaired) electrons. The van der Waals surface area contributed by atoms with E-state index >= 15 is 0 Å². The summed E-state index contributed by atoms with van der Waals surface area (Å²) in [5.41, 5.74) is 18.5. The van der Waals surface area contributed by atoms with Crippen LogP contribution in [0.4, 0.5) is 0 Å². The first kappa shape index (κ1) is 106. The molecule has 30 nitrogen and oxygen atoms in total. The molecule has 8 aromatic carbocycles. The van der Waals surface area contributed by atoms with Crippen LogP contribution >= 0.6 is 0 Å². The number of carbonyl (C=O) groups excluding carboxylic acids is 4. The lowest BCUT2D eigenvalue weighted by Crippen LogP contribution is -2.52. The van der Waals surface area contributed by atoms with E-state index in [0.717, 1.165) is 131 Å². The van der Waals surface area contributed by atoms with Crippen molar-refractivity contribution in [3.8, 4) is 57.5 Å². The van der Waals surface area contributed by atoms with Crippen molar-refractivity contribution < 1.29 is 144 Å². The normalized spacial score (nSPS) is 19.6. The minimum Gasteiger partial charge on any atom is -0.496 e. The van der Waals surface area contributed by atoms with E-state index < -0.39 is 23.9 Å². The molecule has 4 aliphatic heterocycles. The number of ether oxygens (including phenoxy) is 14. The van der Waals surface area contributed by atoms with Crippen LogP contribution in [0, 0.1) is 0 Å². The third-order valence-corrected chi connectivity index (χ3v) is 28.7. The Kier molecular flexibility index (Phi) is 38.4. The van der Waals surface area contributed by atoms with Crippen molar-refractivity contribution in [3.05, 3.63) is 220 Å². The highest BCUT2D eigenvalue weighted by molar-refractivity contribution is 5.78. The zero-order chi connectivity index (χ0) is 98.0. The molecule has 0 bridgehead atoms. The number of quaternary nitrogens is 4. The molecule has 0 unspecified atom stereocenters. The highest BCUT2D eigenvalue weighted by Crippen LogP contribution is 2.49. The molecule has 0 saturated carbocycles. The van der Waals surface area contributed by atoms with E-state index in [-0.39, 0.29) is 129 Å². The summed E-state index contributed by atoms with van der Waals surface area (Å²) in [6.45, 7) is 5.44. The van der Waals surface area contributed by atoms with Crippen molar-refractivity contribution >= 4 is 23.9 Å². The molecular weight excluding hydrogens is 1750 g/mol. The molecule has 8 N–H and O–H groups in total. The van der Waals surface area contributed by atoms with E-state index in [9.17, 15) is 60.0 Å². The summed E-state index contributed by atoms with van der Waals surface area (Å²) in [6, 6.07) is 35.9. The van der Waals surface area contributed by atoms with Gasteiger partial charge >= 0.3 is 23.9 Å². The number of carbonyl (C=O) groups is 4. The number of methoxy groups -OCH3 is 10. The van der Waals surface area contributed by atoms with Crippen LogP contribution in [0.1, 0.15) is 187 Å². The number of esters is 4. The largest absolute Gasteiger partial charge is 0.496 e. The van der Waals surface area contributed by atoms with Gasteiger partial charge in [0.05, 0.1) is 257 Å². The second-order valence-electron chi connectivity index (χ2n) is 36.9. The van der Waals surface area contributed by atoms with Gasteiger partial charge in [-0.25, -0.2) is 0 Å². The van der Waals surface area contributed by atoms with Gasteiger partial charge in [-0.2, -0.15) is 0 Å². The minimum atomic E-state index is -0.476. The van der Waals surface area contributed by atoms with E-state index in [0.29, 0.717) is 168 Å². The van der Waals surface area contributed by atoms with E-state index in [1.807, 2.05) is 78.9 Å². The van der Waals surface area contributed by atoms with Gasteiger partial charge in [-0.05, 0) is 145 Å². The number of benzene rings is 8. The summed E-state index contributed by atoms with van der Waals surface area (Å²) < 4.78 is 81.6. The maximum absolute atomic E-state index is 12.9. The minimum absolute atomic E-state index is 0.00774. The first-order valence-electron chi connectivity index (χ1n) is 47.1. The molecule has 136 heavy (non-hydrogen) atoms. The van der Waals surface area contributed by atoms with E-state index in [1.165, 1.54) is 23.8 Å². The molecule has 740 valence electrons. The maximum Gasteiger partial charge on any atom is 0.306 e. The van der Waals surface area contributed by atoms with Crippen LogP contribution in [0.2, 0.25) is 0 Å². The second-order valence-corrected chi connectivity index (χ2v) is 36.9. The Morgan fingerprint density at radius 2 is 0.559 bits per heavy atom. The molecule has 0 aromatic heterocycles. The van der Waals surface area contributed by atoms with Crippen molar-refractivity contribution in [1.29, 1.82) is 0 Å². The van der Waals surface area contributed by atoms with Crippen molar-refractivity contribution in [2.45, 2.75) is 180 Å². The average Bonchev–Trinajstić information content (AvgIpc) is 0.766. The second kappa shape index (κ2) is 49.4. The average molecular weight is 1890 g/mol. The highest BCUT2D eigenvalue weighted by Gasteiger charge is 2.45. The Bertz CT molecular complexity index is 5020. The van der Waals surface area contributed by atoms with Gasteiger partial charge < -0.3 is 125 Å². The van der Waals surface area contributed by atoms with Gasteiger partial charge in [-0.1, -0.05) is 36.4 Å². The first-order valence-corrected chi connectivity index (χ1v) is 47.1. The Morgan fingerprint density at radius 3 is 0.897 bits per heavy atom. The van der Waals surface area contributed by atoms with Gasteiger partial charge in [-0.15, -0.1) is 0 Å². The fraction of sp³-hybridized carbons (Fsp3) is 0.509. The molecule has 0 fully saturated rings. The van der Waals surface area contributed by atoms with Crippen molar-refractivity contribution in [1.82, 2.24) is 0 Å². The van der Waals surface area contributed by atoms with Gasteiger partial charge in [0.15, 0.2) is 46.0 Å². The molecule has 4 aliphatic rings. The summed E-state index contributed by atoms with van der Waals surface area (Å²) in [5, 5.41) is 80.7. The van der Waals surface area contributed by atoms with Crippen LogP contribution < -0.4 is 47.4 Å². The Morgan fingerprint density at radius 1 is 0.272 bits per heavy atom. The summed E-state index contributed by atoms with van der Waals surface area (Å²) in [4.78, 5) is 51.7. The smallest absolute Gasteiger partial charge is 0.306 e. The standard InChI is InChI=1S/C54H74N2O14.C52H70N2O12/c1-55(16-12-37-26-39(30-57)40(31-58)27-43(37)46(55)22-35-20-41(32-59)45(34-61)48(24-35)64-3)14-8-18-69-52(62)10-11-53(63)70-19-9-15-56(2)17-13-38-28-49(65-4)50(66-5)29-44(38)47(56)23-36-21-42(33-60)54(68-7)51(25-36)67-6;1-53(20-16-37-28-40(33-56)41(34-57)29-42(37)44(53)24-35-10-12-39(32-55)47(26-35)61-4)18-8-22-65-51(58)14-15-52(59)66-23-9-19-54(2)21-17-38-30-49(63-6)50(64-7)31-43(38)45(54)25-36-11-13-46(60-3)48(27-36)62-5/h20-21,24-29,46-47,57-61H,8-19,22-23,30-34H2,1-7H3;10-13,26-31,44-45,55-57H,8-9,14-25,32-34H2,1-7H3/q2*+2/t46-,47-,55-,56-;44-,45-,53-,54-/m11/s1. The van der Waals surface area contributed by atoms with Crippen molar-refractivity contribution in [3.63, 3.8) is 0 Å². The zero-order valence-electron chi connectivity index (χ0n) is 81.9. The third-order valence-electron chi connectivity index (χ3n) is 28.7. The van der Waals surface area contributed by atoms with E-state index in [2.05, 4.69) is 58.5 Å². The van der Waals surface area contributed by atoms with Crippen LogP contribution in [0.25, 0.3) is 0 Å². The van der Waals surface area contributed by atoms with Gasteiger partial charge in [0, 0.05) is 116 Å². The Labute approximate surface area is 799 Å². The number of hydrogen-bond donors (Lipinski definition) is 8. The number of fused-ring (bicyclic) bond motifs is 4.